The Morgan fingerprint density at radius 2 is 2.15 bits per heavy atom. The summed E-state index contributed by atoms with van der Waals surface area (Å²) in [6.45, 7) is 1.77. The van der Waals surface area contributed by atoms with Crippen molar-refractivity contribution in [2.45, 2.75) is 31.4 Å². The minimum Gasteiger partial charge on any atom is -0.379 e. The van der Waals surface area contributed by atoms with Crippen molar-refractivity contribution in [1.82, 2.24) is 24.7 Å². The van der Waals surface area contributed by atoms with Gasteiger partial charge in [-0.05, 0) is 18.6 Å². The van der Waals surface area contributed by atoms with Gasteiger partial charge in [0, 0.05) is 65.9 Å². The first kappa shape index (κ1) is 21.0. The molecule has 0 aromatic carbocycles. The van der Waals surface area contributed by atoms with E-state index in [1.54, 1.807) is 24.0 Å². The topological polar surface area (TPSA) is 130 Å². The Kier molecular flexibility index (Phi) is 5.01. The molecule has 2 atom stereocenters. The molecule has 33 heavy (non-hydrogen) atoms. The molecule has 4 aromatic rings. The third kappa shape index (κ3) is 3.58. The summed E-state index contributed by atoms with van der Waals surface area (Å²) in [5.74, 6) is -0.562. The SMILES string of the molecule is CC[C@](O)(C1=NC(N)=NC(c2c[nH]c3ncc(-c4cnn(C)c4)cc23)C1)c1ccncc1F. The Morgan fingerprint density at radius 1 is 1.30 bits per heavy atom. The van der Waals surface area contributed by atoms with E-state index in [1.807, 2.05) is 25.5 Å². The fourth-order valence-electron chi connectivity index (χ4n) is 4.33. The highest BCUT2D eigenvalue weighted by Gasteiger charge is 2.39. The summed E-state index contributed by atoms with van der Waals surface area (Å²) in [7, 11) is 1.86. The number of guanidine groups is 1. The van der Waals surface area contributed by atoms with Crippen molar-refractivity contribution in [3.63, 3.8) is 0 Å². The molecule has 10 heteroatoms. The minimum atomic E-state index is -1.63. The van der Waals surface area contributed by atoms with Crippen molar-refractivity contribution in [2.75, 3.05) is 0 Å². The number of nitrogens with zero attached hydrogens (tertiary/aromatic N) is 6. The molecule has 4 N–H and O–H groups in total. The molecule has 168 valence electrons. The van der Waals surface area contributed by atoms with Crippen molar-refractivity contribution in [1.29, 1.82) is 0 Å². The maximum atomic E-state index is 14.6. The summed E-state index contributed by atoms with van der Waals surface area (Å²) < 4.78 is 16.3. The van der Waals surface area contributed by atoms with Crippen molar-refractivity contribution < 1.29 is 9.50 Å². The monoisotopic (exact) mass is 446 g/mol. The van der Waals surface area contributed by atoms with Crippen LogP contribution in [-0.4, -0.2) is 41.5 Å². The molecule has 0 aliphatic carbocycles. The Balaban J connectivity index is 1.55. The van der Waals surface area contributed by atoms with E-state index in [-0.39, 0.29) is 24.4 Å². The van der Waals surface area contributed by atoms with E-state index in [9.17, 15) is 9.50 Å². The molecule has 0 fully saturated rings. The number of hydrogen-bond acceptors (Lipinski definition) is 7. The Morgan fingerprint density at radius 3 is 2.88 bits per heavy atom. The second-order valence-corrected chi connectivity index (χ2v) is 8.10. The number of aliphatic imine (C=N–C) groups is 2. The number of aromatic amines is 1. The smallest absolute Gasteiger partial charge is 0.215 e. The normalized spacial score (nSPS) is 18.1. The van der Waals surface area contributed by atoms with Crippen LogP contribution in [0.1, 0.15) is 36.9 Å². The van der Waals surface area contributed by atoms with E-state index in [0.717, 1.165) is 28.3 Å². The highest BCUT2D eigenvalue weighted by molar-refractivity contribution is 6.04. The molecule has 0 radical (unpaired) electrons. The van der Waals surface area contributed by atoms with Crippen LogP contribution in [0.15, 0.2) is 59.3 Å². The van der Waals surface area contributed by atoms with Gasteiger partial charge in [0.05, 0.1) is 24.1 Å². The summed E-state index contributed by atoms with van der Waals surface area (Å²) in [5, 5.41) is 16.6. The number of H-pyrrole nitrogens is 1. The average Bonchev–Trinajstić information content (AvgIpc) is 3.44. The van der Waals surface area contributed by atoms with E-state index in [1.165, 1.54) is 12.3 Å². The molecule has 9 nitrogen and oxygen atoms in total. The van der Waals surface area contributed by atoms with E-state index in [2.05, 4.69) is 30.0 Å². The fraction of sp³-hybridized carbons (Fsp3) is 0.261. The molecule has 1 aliphatic heterocycles. The predicted octanol–water partition coefficient (Wildman–Crippen LogP) is 3.00. The van der Waals surface area contributed by atoms with Gasteiger partial charge < -0.3 is 15.8 Å². The summed E-state index contributed by atoms with van der Waals surface area (Å²) in [6, 6.07) is 3.07. The molecule has 4 aromatic heterocycles. The number of fused-ring (bicyclic) bond motifs is 1. The third-order valence-corrected chi connectivity index (χ3v) is 6.09. The summed E-state index contributed by atoms with van der Waals surface area (Å²) in [4.78, 5) is 20.3. The lowest BCUT2D eigenvalue weighted by molar-refractivity contribution is 0.0994. The van der Waals surface area contributed by atoms with Gasteiger partial charge in [-0.1, -0.05) is 6.92 Å². The van der Waals surface area contributed by atoms with Crippen LogP contribution in [-0.2, 0) is 12.6 Å². The standard InChI is InChI=1S/C23H23FN8O/c1-3-23(33,17-4-5-26-11-18(17)24)20-7-19(30-22(25)31-20)16-10-28-21-15(16)6-13(8-27-21)14-9-29-32(2)12-14/h4-6,8-12,19,33H,3,7H2,1-2H3,(H2,25,30)(H,27,28)/t19?,23-/m1/s1. The lowest BCUT2D eigenvalue weighted by Crippen LogP contribution is -2.39. The van der Waals surface area contributed by atoms with Gasteiger partial charge in [0.1, 0.15) is 17.1 Å². The highest BCUT2D eigenvalue weighted by Crippen LogP contribution is 2.38. The first-order valence-corrected chi connectivity index (χ1v) is 10.6. The quantitative estimate of drug-likeness (QED) is 0.434. The number of aliphatic hydroxyl groups is 1. The summed E-state index contributed by atoms with van der Waals surface area (Å²) in [5.41, 5.74) is 8.36. The maximum absolute atomic E-state index is 14.6. The zero-order chi connectivity index (χ0) is 23.2. The summed E-state index contributed by atoms with van der Waals surface area (Å²) >= 11 is 0. The zero-order valence-corrected chi connectivity index (χ0v) is 18.2. The van der Waals surface area contributed by atoms with E-state index >= 15 is 0 Å². The number of nitrogens with two attached hydrogens (primary N) is 1. The summed E-state index contributed by atoms with van der Waals surface area (Å²) in [6.07, 6.45) is 10.3. The molecule has 0 saturated carbocycles. The maximum Gasteiger partial charge on any atom is 0.215 e. The fourth-order valence-corrected chi connectivity index (χ4v) is 4.33. The molecule has 5 heterocycles. The number of pyridine rings is 2. The lowest BCUT2D eigenvalue weighted by Gasteiger charge is -2.32. The first-order chi connectivity index (χ1) is 15.9. The van der Waals surface area contributed by atoms with Gasteiger partial charge >= 0.3 is 0 Å². The molecule has 0 spiro atoms. The Hall–Kier alpha value is -3.92. The van der Waals surface area contributed by atoms with Gasteiger partial charge in [0.25, 0.3) is 0 Å². The van der Waals surface area contributed by atoms with Crippen molar-refractivity contribution in [3.8, 4) is 11.1 Å². The second-order valence-electron chi connectivity index (χ2n) is 8.10. The van der Waals surface area contributed by atoms with Crippen LogP contribution in [0.3, 0.4) is 0 Å². The number of nitrogens with one attached hydrogen (secondary N) is 1. The van der Waals surface area contributed by atoms with Crippen LogP contribution in [0, 0.1) is 5.82 Å². The van der Waals surface area contributed by atoms with Gasteiger partial charge in [-0.3, -0.25) is 9.67 Å². The molecule has 0 saturated heterocycles. The molecular weight excluding hydrogens is 423 g/mol. The van der Waals surface area contributed by atoms with Gasteiger partial charge in [-0.2, -0.15) is 5.10 Å². The Bertz CT molecular complexity index is 1400. The predicted molar refractivity (Wildman–Crippen MR) is 123 cm³/mol. The van der Waals surface area contributed by atoms with Crippen molar-refractivity contribution in [3.05, 3.63) is 66.3 Å². The second kappa shape index (κ2) is 7.89. The van der Waals surface area contributed by atoms with E-state index in [0.29, 0.717) is 11.4 Å². The minimum absolute atomic E-state index is 0.0355. The molecule has 0 amide bonds. The van der Waals surface area contributed by atoms with E-state index < -0.39 is 17.5 Å². The molecule has 5 rings (SSSR count). The highest BCUT2D eigenvalue weighted by atomic mass is 19.1. The number of halogens is 1. The number of aryl methyl sites for hydroxylation is 1. The van der Waals surface area contributed by atoms with Crippen LogP contribution in [0.2, 0.25) is 0 Å². The number of rotatable bonds is 5. The van der Waals surface area contributed by atoms with Crippen molar-refractivity contribution in [2.24, 2.45) is 22.8 Å². The van der Waals surface area contributed by atoms with Crippen LogP contribution in [0.4, 0.5) is 4.39 Å². The largest absolute Gasteiger partial charge is 0.379 e. The van der Waals surface area contributed by atoms with Crippen LogP contribution < -0.4 is 5.73 Å². The molecule has 0 bridgehead atoms. The van der Waals surface area contributed by atoms with Gasteiger partial charge in [-0.25, -0.2) is 19.4 Å². The number of hydrogen-bond donors (Lipinski definition) is 3. The lowest BCUT2D eigenvalue weighted by atomic mass is 9.82. The van der Waals surface area contributed by atoms with Gasteiger partial charge in [0.2, 0.25) is 5.96 Å². The zero-order valence-electron chi connectivity index (χ0n) is 18.2. The van der Waals surface area contributed by atoms with Crippen molar-refractivity contribution >= 4 is 22.7 Å². The molecular formula is C23H23FN8O. The molecule has 1 unspecified atom stereocenters. The van der Waals surface area contributed by atoms with Gasteiger partial charge in [0.15, 0.2) is 0 Å². The van der Waals surface area contributed by atoms with Crippen LogP contribution in [0.25, 0.3) is 22.2 Å². The number of aromatic nitrogens is 5. The first-order valence-electron chi connectivity index (χ1n) is 10.6. The van der Waals surface area contributed by atoms with E-state index in [4.69, 9.17) is 5.73 Å². The van der Waals surface area contributed by atoms with Gasteiger partial charge in [-0.15, -0.1) is 0 Å². The average molecular weight is 446 g/mol. The molecule has 1 aliphatic rings. The third-order valence-electron chi connectivity index (χ3n) is 6.09. The van der Waals surface area contributed by atoms with Crippen LogP contribution >= 0.6 is 0 Å². The van der Waals surface area contributed by atoms with Crippen LogP contribution in [0.5, 0.6) is 0 Å². The Labute approximate surface area is 188 Å².